The summed E-state index contributed by atoms with van der Waals surface area (Å²) < 4.78 is 5.14. The fourth-order valence-electron chi connectivity index (χ4n) is 7.19. The highest BCUT2D eigenvalue weighted by Gasteiger charge is 2.64. The molecule has 0 saturated heterocycles. The van der Waals surface area contributed by atoms with Gasteiger partial charge in [-0.15, -0.1) is 0 Å². The smallest absolute Gasteiger partial charge is 0.255 e. The lowest BCUT2D eigenvalue weighted by Crippen LogP contribution is -2.65. The second kappa shape index (κ2) is 11.4. The van der Waals surface area contributed by atoms with Gasteiger partial charge in [0.25, 0.3) is 11.8 Å². The summed E-state index contributed by atoms with van der Waals surface area (Å²) in [4.78, 5) is 53.8. The van der Waals surface area contributed by atoms with Gasteiger partial charge in [-0.05, 0) is 92.0 Å². The van der Waals surface area contributed by atoms with Gasteiger partial charge in [-0.3, -0.25) is 24.1 Å². The molecule has 0 radical (unpaired) electrons. The zero-order valence-corrected chi connectivity index (χ0v) is 25.8. The number of carbonyl (C=O) groups is 4. The average Bonchev–Trinajstić information content (AvgIpc) is 3.03. The summed E-state index contributed by atoms with van der Waals surface area (Å²) in [6.07, 6.45) is 0.130. The zero-order chi connectivity index (χ0) is 33.9. The Morgan fingerprint density at radius 2 is 1.64 bits per heavy atom. The van der Waals surface area contributed by atoms with Crippen LogP contribution in [0.25, 0.3) is 16.9 Å². The van der Waals surface area contributed by atoms with Crippen molar-refractivity contribution in [3.63, 3.8) is 0 Å². The third kappa shape index (κ3) is 4.84. The average molecular weight is 640 g/mol. The number of ether oxygens (including phenoxy) is 1. The molecule has 4 atom stereocenters. The van der Waals surface area contributed by atoms with Gasteiger partial charge in [0.05, 0.1) is 18.7 Å². The van der Waals surface area contributed by atoms with Crippen molar-refractivity contribution in [2.24, 2.45) is 17.6 Å². The highest BCUT2D eigenvalue weighted by Crippen LogP contribution is 2.53. The van der Waals surface area contributed by atoms with Crippen molar-refractivity contribution in [2.45, 2.75) is 24.5 Å². The Morgan fingerprint density at radius 1 is 0.979 bits per heavy atom. The molecule has 3 aromatic rings. The molecule has 0 spiro atoms. The number of phenolic OH excluding ortho intramolecular Hbond substituents is 1. The van der Waals surface area contributed by atoms with Gasteiger partial charge in [-0.25, -0.2) is 0 Å². The van der Waals surface area contributed by atoms with Crippen LogP contribution in [-0.4, -0.2) is 81.6 Å². The predicted octanol–water partition coefficient (Wildman–Crippen LogP) is 2.89. The lowest BCUT2D eigenvalue weighted by molar-refractivity contribution is -0.153. The second-order valence-corrected chi connectivity index (χ2v) is 12.2. The number of anilines is 1. The number of rotatable bonds is 6. The number of Topliss-reactive ketones (excluding diaryl/α,β-unsaturated/α-hetero) is 2. The van der Waals surface area contributed by atoms with Crippen LogP contribution in [0.5, 0.6) is 11.5 Å². The molecule has 1 unspecified atom stereocenters. The minimum absolute atomic E-state index is 0.00401. The van der Waals surface area contributed by atoms with E-state index in [1.807, 2.05) is 0 Å². The number of hydrogen-bond donors (Lipinski definition) is 6. The zero-order valence-electron chi connectivity index (χ0n) is 25.8. The highest BCUT2D eigenvalue weighted by atomic mass is 16.5. The number of primary amides is 1. The molecule has 2 amide bonds. The van der Waals surface area contributed by atoms with E-state index in [9.17, 15) is 39.6 Å². The van der Waals surface area contributed by atoms with Crippen LogP contribution >= 0.6 is 0 Å². The number of nitrogens with two attached hydrogens (primary N) is 1. The van der Waals surface area contributed by atoms with E-state index in [4.69, 9.17) is 10.5 Å². The fraction of sp³-hybridized carbons (Fsp3) is 0.257. The Hall–Kier alpha value is -5.46. The van der Waals surface area contributed by atoms with E-state index in [0.29, 0.717) is 33.7 Å². The first-order chi connectivity index (χ1) is 22.3. The summed E-state index contributed by atoms with van der Waals surface area (Å²) in [5.41, 5.74) is 4.45. The van der Waals surface area contributed by atoms with Crippen LogP contribution in [0.3, 0.4) is 0 Å². The van der Waals surface area contributed by atoms with Gasteiger partial charge in [0, 0.05) is 22.7 Å². The Bertz CT molecular complexity index is 1910. The molecule has 0 heterocycles. The maximum absolute atomic E-state index is 14.0. The van der Waals surface area contributed by atoms with Crippen molar-refractivity contribution >= 4 is 34.8 Å². The summed E-state index contributed by atoms with van der Waals surface area (Å²) in [6, 6.07) is 15.5. The highest BCUT2D eigenvalue weighted by molar-refractivity contribution is 6.24. The first-order valence-electron chi connectivity index (χ1n) is 14.8. The molecule has 0 aromatic heterocycles. The SMILES string of the molecule is COc1ccc(C(=O)Nc2ccc(-c3ccc(O)c4c3C[C@H]3C[C@H]5C(N(C)C)C(=O)C(C(N)=O)=C(O)[C@]5(O)C(=O)C3=C4O)cc2)cc1. The van der Waals surface area contributed by atoms with Crippen LogP contribution in [0.2, 0.25) is 0 Å². The molecule has 1 saturated carbocycles. The van der Waals surface area contributed by atoms with Crippen LogP contribution < -0.4 is 15.8 Å². The summed E-state index contributed by atoms with van der Waals surface area (Å²) >= 11 is 0. The second-order valence-electron chi connectivity index (χ2n) is 12.2. The molecule has 3 aliphatic carbocycles. The number of ketones is 2. The molecular weight excluding hydrogens is 606 g/mol. The number of methoxy groups -OCH3 is 1. The van der Waals surface area contributed by atoms with Gasteiger partial charge >= 0.3 is 0 Å². The maximum Gasteiger partial charge on any atom is 0.255 e. The van der Waals surface area contributed by atoms with Gasteiger partial charge in [0.15, 0.2) is 11.4 Å². The van der Waals surface area contributed by atoms with Crippen LogP contribution in [0.15, 0.2) is 77.6 Å². The van der Waals surface area contributed by atoms with Crippen molar-refractivity contribution in [3.8, 4) is 22.6 Å². The summed E-state index contributed by atoms with van der Waals surface area (Å²) in [6.45, 7) is 0. The molecule has 6 rings (SSSR count). The summed E-state index contributed by atoms with van der Waals surface area (Å²) in [5, 5.41) is 48.0. The number of nitrogens with zero attached hydrogens (tertiary/aromatic N) is 1. The third-order valence-electron chi connectivity index (χ3n) is 9.41. The monoisotopic (exact) mass is 639 g/mol. The molecular formula is C35H33N3O9. The van der Waals surface area contributed by atoms with Crippen molar-refractivity contribution in [1.82, 2.24) is 4.90 Å². The number of aromatic hydroxyl groups is 1. The number of nitrogens with one attached hydrogen (secondary N) is 1. The number of aliphatic hydroxyl groups excluding tert-OH is 2. The number of phenols is 1. The first-order valence-corrected chi connectivity index (χ1v) is 14.8. The van der Waals surface area contributed by atoms with Crippen LogP contribution in [0.1, 0.15) is 27.9 Å². The number of benzene rings is 3. The number of aliphatic hydroxyl groups is 3. The minimum Gasteiger partial charge on any atom is -0.508 e. The first kappa shape index (κ1) is 31.5. The topological polar surface area (TPSA) is 200 Å². The number of amides is 2. The number of hydrogen-bond acceptors (Lipinski definition) is 10. The fourth-order valence-corrected chi connectivity index (χ4v) is 7.19. The molecule has 0 bridgehead atoms. The van der Waals surface area contributed by atoms with Gasteiger partial charge in [0.1, 0.15) is 28.6 Å². The van der Waals surface area contributed by atoms with Crippen molar-refractivity contribution in [3.05, 3.63) is 94.3 Å². The van der Waals surface area contributed by atoms with E-state index in [1.165, 1.54) is 18.1 Å². The van der Waals surface area contributed by atoms with Crippen LogP contribution in [-0.2, 0) is 20.8 Å². The third-order valence-corrected chi connectivity index (χ3v) is 9.41. The molecule has 1 fully saturated rings. The van der Waals surface area contributed by atoms with Gasteiger partial charge < -0.3 is 36.2 Å². The number of fused-ring (bicyclic) bond motifs is 3. The Labute approximate surface area is 269 Å². The predicted molar refractivity (Wildman–Crippen MR) is 171 cm³/mol. The molecule has 242 valence electrons. The van der Waals surface area contributed by atoms with E-state index in [1.54, 1.807) is 68.7 Å². The lowest BCUT2D eigenvalue weighted by Gasteiger charge is -2.50. The molecule has 7 N–H and O–H groups in total. The maximum atomic E-state index is 14.0. The van der Waals surface area contributed by atoms with Crippen molar-refractivity contribution in [1.29, 1.82) is 0 Å². The molecule has 12 nitrogen and oxygen atoms in total. The normalized spacial score (nSPS) is 23.6. The molecule has 12 heteroatoms. The number of likely N-dealkylation sites (N-methyl/N-ethyl adjacent to an activating group) is 1. The van der Waals surface area contributed by atoms with Gasteiger partial charge in [-0.1, -0.05) is 18.2 Å². The molecule has 3 aromatic carbocycles. The Balaban J connectivity index is 1.38. The minimum atomic E-state index is -2.70. The Morgan fingerprint density at radius 3 is 2.23 bits per heavy atom. The van der Waals surface area contributed by atoms with E-state index in [-0.39, 0.29) is 35.6 Å². The van der Waals surface area contributed by atoms with E-state index in [0.717, 1.165) is 0 Å². The van der Waals surface area contributed by atoms with E-state index in [2.05, 4.69) is 5.32 Å². The standard InChI is InChI=1S/C35H33N3O9/c1-38(2)28-23-15-18-14-22-21(16-4-8-19(9-5-16)37-34(45)17-6-10-20(47-3)11-7-17)12-13-24(39)26(22)29(40)25(18)31(42)35(23,46)32(43)27(30(28)41)33(36)44/h4-13,18,23,28,39-40,43,46H,14-15H2,1-3H3,(H2,36,44)(H,37,45)/t18-,23-,28?,35+/m0/s1. The molecule has 0 aliphatic heterocycles. The van der Waals surface area contributed by atoms with Gasteiger partial charge in [-0.2, -0.15) is 0 Å². The van der Waals surface area contributed by atoms with Crippen LogP contribution in [0, 0.1) is 11.8 Å². The van der Waals surface area contributed by atoms with Crippen molar-refractivity contribution in [2.75, 3.05) is 26.5 Å². The van der Waals surface area contributed by atoms with E-state index < -0.39 is 58.0 Å². The molecule has 3 aliphatic rings. The Kier molecular flexibility index (Phi) is 7.65. The quantitative estimate of drug-likeness (QED) is 0.218. The lowest BCUT2D eigenvalue weighted by atomic mass is 9.57. The summed E-state index contributed by atoms with van der Waals surface area (Å²) in [7, 11) is 4.64. The van der Waals surface area contributed by atoms with Gasteiger partial charge in [0.2, 0.25) is 5.78 Å². The van der Waals surface area contributed by atoms with Crippen molar-refractivity contribution < 1.29 is 44.3 Å². The molecule has 47 heavy (non-hydrogen) atoms. The van der Waals surface area contributed by atoms with E-state index >= 15 is 0 Å². The van der Waals surface area contributed by atoms with Crippen LogP contribution in [0.4, 0.5) is 5.69 Å². The summed E-state index contributed by atoms with van der Waals surface area (Å²) in [5.74, 6) is -6.74. The number of carbonyl (C=O) groups excluding carboxylic acids is 4. The largest absolute Gasteiger partial charge is 0.508 e.